The van der Waals surface area contributed by atoms with Gasteiger partial charge in [0.2, 0.25) is 0 Å². The molecule has 0 heterocycles. The molecular weight excluding hydrogens is 478 g/mol. The molecular formula is C32H30ClN3O. The average molecular weight is 508 g/mol. The molecule has 0 bridgehead atoms. The van der Waals surface area contributed by atoms with E-state index in [1.165, 1.54) is 5.56 Å². The number of carbonyl (C=O) groups is 1. The van der Waals surface area contributed by atoms with Crippen LogP contribution < -0.4 is 16.0 Å². The Morgan fingerprint density at radius 1 is 0.703 bits per heavy atom. The summed E-state index contributed by atoms with van der Waals surface area (Å²) in [6, 6.07) is 29.0. The van der Waals surface area contributed by atoms with Gasteiger partial charge in [0.1, 0.15) is 0 Å². The molecule has 0 spiro atoms. The van der Waals surface area contributed by atoms with Crippen molar-refractivity contribution < 1.29 is 4.79 Å². The third kappa shape index (κ3) is 6.69. The summed E-state index contributed by atoms with van der Waals surface area (Å²) in [4.78, 5) is 12.7. The van der Waals surface area contributed by atoms with Crippen LogP contribution in [0.2, 0.25) is 5.02 Å². The number of benzene rings is 4. The molecule has 0 radical (unpaired) electrons. The summed E-state index contributed by atoms with van der Waals surface area (Å²) in [7, 11) is 0. The number of amides is 1. The Kier molecular flexibility index (Phi) is 8.11. The lowest BCUT2D eigenvalue weighted by molar-refractivity contribution is 0.102. The molecule has 0 unspecified atom stereocenters. The summed E-state index contributed by atoms with van der Waals surface area (Å²) in [5.74, 6) is -0.138. The minimum atomic E-state index is -0.138. The molecule has 0 saturated heterocycles. The molecule has 0 aliphatic heterocycles. The third-order valence-corrected chi connectivity index (χ3v) is 6.37. The average Bonchev–Trinajstić information content (AvgIpc) is 2.91. The Morgan fingerprint density at radius 2 is 1.22 bits per heavy atom. The molecule has 0 aromatic heterocycles. The van der Waals surface area contributed by atoms with Crippen molar-refractivity contribution in [1.29, 1.82) is 0 Å². The van der Waals surface area contributed by atoms with Gasteiger partial charge in [0.05, 0.1) is 0 Å². The van der Waals surface area contributed by atoms with Gasteiger partial charge in [-0.2, -0.15) is 0 Å². The number of anilines is 3. The molecule has 1 amide bonds. The lowest BCUT2D eigenvalue weighted by Crippen LogP contribution is -2.12. The smallest absolute Gasteiger partial charge is 0.255 e. The Balaban J connectivity index is 1.37. The van der Waals surface area contributed by atoms with Crippen molar-refractivity contribution in [3.05, 3.63) is 137 Å². The molecule has 4 rings (SSSR count). The van der Waals surface area contributed by atoms with E-state index in [-0.39, 0.29) is 5.91 Å². The molecule has 0 fully saturated rings. The predicted molar refractivity (Wildman–Crippen MR) is 158 cm³/mol. The fraction of sp³-hybridized carbons (Fsp3) is 0.0938. The zero-order valence-corrected chi connectivity index (χ0v) is 21.8. The summed E-state index contributed by atoms with van der Waals surface area (Å²) in [5.41, 5.74) is 8.87. The second-order valence-corrected chi connectivity index (χ2v) is 9.26. The van der Waals surface area contributed by atoms with Crippen molar-refractivity contribution in [1.82, 2.24) is 0 Å². The van der Waals surface area contributed by atoms with E-state index >= 15 is 0 Å². The highest BCUT2D eigenvalue weighted by atomic mass is 35.5. The first-order valence-corrected chi connectivity index (χ1v) is 12.5. The molecule has 4 aromatic carbocycles. The molecule has 4 nitrogen and oxygen atoms in total. The van der Waals surface area contributed by atoms with Crippen LogP contribution in [0.1, 0.15) is 39.5 Å². The number of hydrogen-bond donors (Lipinski definition) is 3. The van der Waals surface area contributed by atoms with E-state index in [1.54, 1.807) is 0 Å². The van der Waals surface area contributed by atoms with Crippen molar-refractivity contribution in [2.45, 2.75) is 20.3 Å². The van der Waals surface area contributed by atoms with E-state index in [9.17, 15) is 4.79 Å². The summed E-state index contributed by atoms with van der Waals surface area (Å²) in [6.07, 6.45) is 0.966. The Hall–Kier alpha value is -4.28. The lowest BCUT2D eigenvalue weighted by atomic mass is 10.1. The van der Waals surface area contributed by atoms with Crippen LogP contribution in [0.3, 0.4) is 0 Å². The Morgan fingerprint density at radius 3 is 1.78 bits per heavy atom. The molecule has 4 aromatic rings. The summed E-state index contributed by atoms with van der Waals surface area (Å²) in [6.45, 7) is 12.4. The number of aryl methyl sites for hydroxylation is 2. The SMILES string of the molecule is C=C(Nc1ccc(Cl)cc1)c1ccc(C(=C)Nc2ccc(C(=O)Nc3ccc(CC)cc3)cc2C)cc1. The molecule has 0 aliphatic rings. The topological polar surface area (TPSA) is 53.2 Å². The minimum Gasteiger partial charge on any atom is -0.356 e. The largest absolute Gasteiger partial charge is 0.356 e. The van der Waals surface area contributed by atoms with Gasteiger partial charge < -0.3 is 16.0 Å². The van der Waals surface area contributed by atoms with Gasteiger partial charge in [0.25, 0.3) is 5.91 Å². The number of rotatable bonds is 9. The van der Waals surface area contributed by atoms with Crippen LogP contribution in [0.25, 0.3) is 11.4 Å². The van der Waals surface area contributed by atoms with E-state index in [4.69, 9.17) is 11.6 Å². The summed E-state index contributed by atoms with van der Waals surface area (Å²) >= 11 is 5.96. The maximum atomic E-state index is 12.7. The van der Waals surface area contributed by atoms with Gasteiger partial charge in [0, 0.05) is 39.0 Å². The quantitative estimate of drug-likeness (QED) is 0.212. The number of carbonyl (C=O) groups excluding carboxylic acids is 1. The van der Waals surface area contributed by atoms with E-state index in [1.807, 2.05) is 97.9 Å². The van der Waals surface area contributed by atoms with Crippen LogP contribution in [0.4, 0.5) is 17.1 Å². The third-order valence-electron chi connectivity index (χ3n) is 6.12. The van der Waals surface area contributed by atoms with Crippen LogP contribution in [-0.4, -0.2) is 5.91 Å². The van der Waals surface area contributed by atoms with Gasteiger partial charge >= 0.3 is 0 Å². The van der Waals surface area contributed by atoms with Gasteiger partial charge in [0.15, 0.2) is 0 Å². The van der Waals surface area contributed by atoms with E-state index < -0.39 is 0 Å². The van der Waals surface area contributed by atoms with Gasteiger partial charge in [-0.15, -0.1) is 0 Å². The summed E-state index contributed by atoms with van der Waals surface area (Å²) < 4.78 is 0. The van der Waals surface area contributed by atoms with Crippen LogP contribution in [-0.2, 0) is 6.42 Å². The van der Waals surface area contributed by atoms with Crippen LogP contribution in [0, 0.1) is 6.92 Å². The van der Waals surface area contributed by atoms with Crippen molar-refractivity contribution in [2.24, 2.45) is 0 Å². The van der Waals surface area contributed by atoms with Crippen molar-refractivity contribution in [2.75, 3.05) is 16.0 Å². The monoisotopic (exact) mass is 507 g/mol. The molecule has 3 N–H and O–H groups in total. The summed E-state index contributed by atoms with van der Waals surface area (Å²) in [5, 5.41) is 10.3. The maximum absolute atomic E-state index is 12.7. The van der Waals surface area contributed by atoms with Crippen LogP contribution in [0.5, 0.6) is 0 Å². The van der Waals surface area contributed by atoms with Gasteiger partial charge in [-0.05, 0) is 90.2 Å². The van der Waals surface area contributed by atoms with E-state index in [0.29, 0.717) is 10.6 Å². The van der Waals surface area contributed by atoms with Gasteiger partial charge in [-0.3, -0.25) is 4.79 Å². The normalized spacial score (nSPS) is 10.5. The Bertz CT molecular complexity index is 1420. The molecule has 37 heavy (non-hydrogen) atoms. The minimum absolute atomic E-state index is 0.138. The van der Waals surface area contributed by atoms with Crippen molar-refractivity contribution in [3.63, 3.8) is 0 Å². The van der Waals surface area contributed by atoms with Crippen LogP contribution >= 0.6 is 11.6 Å². The molecule has 186 valence electrons. The highest BCUT2D eigenvalue weighted by Crippen LogP contribution is 2.25. The standard InChI is InChI=1S/C32H30ClN3O/c1-5-24-6-15-30(16-7-24)36-32(37)27-12-19-31(21(2)20-27)35-23(4)26-10-8-25(9-11-26)22(3)34-29-17-13-28(33)14-18-29/h6-20,34-35H,3-5H2,1-2H3,(H,36,37). The first-order chi connectivity index (χ1) is 17.8. The van der Waals surface area contributed by atoms with E-state index in [2.05, 4.69) is 36.0 Å². The maximum Gasteiger partial charge on any atom is 0.255 e. The van der Waals surface area contributed by atoms with Crippen molar-refractivity contribution in [3.8, 4) is 0 Å². The second-order valence-electron chi connectivity index (χ2n) is 8.83. The van der Waals surface area contributed by atoms with Gasteiger partial charge in [-0.1, -0.05) is 68.1 Å². The zero-order chi connectivity index (χ0) is 26.4. The first kappa shape index (κ1) is 25.8. The van der Waals surface area contributed by atoms with Crippen molar-refractivity contribution >= 4 is 46.0 Å². The highest BCUT2D eigenvalue weighted by Gasteiger charge is 2.10. The molecule has 0 atom stereocenters. The molecule has 5 heteroatoms. The Labute approximate surface area is 223 Å². The second kappa shape index (κ2) is 11.6. The van der Waals surface area contributed by atoms with E-state index in [0.717, 1.165) is 51.6 Å². The first-order valence-electron chi connectivity index (χ1n) is 12.1. The fourth-order valence-electron chi connectivity index (χ4n) is 3.86. The molecule has 0 saturated carbocycles. The zero-order valence-electron chi connectivity index (χ0n) is 21.1. The predicted octanol–water partition coefficient (Wildman–Crippen LogP) is 8.63. The van der Waals surface area contributed by atoms with Crippen LogP contribution in [0.15, 0.2) is 104 Å². The lowest BCUT2D eigenvalue weighted by Gasteiger charge is -2.15. The number of halogens is 1. The number of hydrogen-bond acceptors (Lipinski definition) is 3. The number of nitrogens with one attached hydrogen (secondary N) is 3. The molecule has 0 aliphatic carbocycles. The van der Waals surface area contributed by atoms with Gasteiger partial charge in [-0.25, -0.2) is 0 Å². The fourth-order valence-corrected chi connectivity index (χ4v) is 3.99. The highest BCUT2D eigenvalue weighted by molar-refractivity contribution is 6.30.